The number of anilines is 1. The normalized spacial score (nSPS) is 21.6. The lowest BCUT2D eigenvalue weighted by molar-refractivity contribution is -0.137. The van der Waals surface area contributed by atoms with Gasteiger partial charge >= 0.3 is 6.18 Å². The third-order valence-corrected chi connectivity index (χ3v) is 3.28. The Morgan fingerprint density at radius 1 is 1.18 bits per heavy atom. The van der Waals surface area contributed by atoms with Gasteiger partial charge in [0.1, 0.15) is 0 Å². The highest BCUT2D eigenvalue weighted by molar-refractivity contribution is 6.21. The van der Waals surface area contributed by atoms with Gasteiger partial charge in [0.2, 0.25) is 0 Å². The third kappa shape index (κ3) is 3.06. The Kier molecular flexibility index (Phi) is 3.52. The van der Waals surface area contributed by atoms with Crippen molar-refractivity contribution >= 4 is 17.3 Å². The highest BCUT2D eigenvalue weighted by Gasteiger charge is 2.30. The molecule has 1 saturated heterocycles. The summed E-state index contributed by atoms with van der Waals surface area (Å²) >= 11 is 6.04. The quantitative estimate of drug-likeness (QED) is 0.695. The fourth-order valence-electron chi connectivity index (χ4n) is 2.02. The molecule has 94 valence electrons. The molecule has 0 aromatic heterocycles. The molecule has 1 aliphatic rings. The number of hydrogen-bond donors (Lipinski definition) is 0. The number of hydrogen-bond acceptors (Lipinski definition) is 1. The van der Waals surface area contributed by atoms with Gasteiger partial charge < -0.3 is 4.90 Å². The molecular formula is C12H13ClF3N. The van der Waals surface area contributed by atoms with Gasteiger partial charge in [-0.1, -0.05) is 0 Å². The molecule has 0 bridgehead atoms. The summed E-state index contributed by atoms with van der Waals surface area (Å²) in [5.41, 5.74) is 0.198. The van der Waals surface area contributed by atoms with Crippen LogP contribution in [0.1, 0.15) is 18.4 Å². The summed E-state index contributed by atoms with van der Waals surface area (Å²) in [4.78, 5) is 2.03. The lowest BCUT2D eigenvalue weighted by Crippen LogP contribution is -2.35. The van der Waals surface area contributed by atoms with E-state index in [4.69, 9.17) is 11.6 Å². The average Bonchev–Trinajstić information content (AvgIpc) is 2.28. The Balaban J connectivity index is 2.12. The number of nitrogens with zero attached hydrogens (tertiary/aromatic N) is 1. The monoisotopic (exact) mass is 263 g/mol. The predicted octanol–water partition coefficient (Wildman–Crippen LogP) is 3.91. The zero-order valence-electron chi connectivity index (χ0n) is 9.17. The number of halogens is 4. The Hall–Kier alpha value is -0.900. The molecule has 0 spiro atoms. The molecule has 0 aliphatic carbocycles. The second-order valence-electron chi connectivity index (χ2n) is 4.23. The number of rotatable bonds is 1. The van der Waals surface area contributed by atoms with Gasteiger partial charge in [-0.2, -0.15) is 13.2 Å². The van der Waals surface area contributed by atoms with Gasteiger partial charge in [-0.05, 0) is 37.1 Å². The SMILES string of the molecule is FC(F)(F)c1ccc(N2CCCC(Cl)C2)cc1. The summed E-state index contributed by atoms with van der Waals surface area (Å²) in [5, 5.41) is 0.0889. The first-order valence-electron chi connectivity index (χ1n) is 5.53. The van der Waals surface area contributed by atoms with E-state index in [1.807, 2.05) is 4.90 Å². The van der Waals surface area contributed by atoms with Crippen molar-refractivity contribution in [2.75, 3.05) is 18.0 Å². The number of piperidine rings is 1. The van der Waals surface area contributed by atoms with Crippen LogP contribution in [0.3, 0.4) is 0 Å². The largest absolute Gasteiger partial charge is 0.416 e. The molecule has 0 saturated carbocycles. The Bertz CT molecular complexity index is 374. The van der Waals surface area contributed by atoms with Crippen LogP contribution in [0.4, 0.5) is 18.9 Å². The van der Waals surface area contributed by atoms with Crippen molar-refractivity contribution < 1.29 is 13.2 Å². The van der Waals surface area contributed by atoms with Crippen LogP contribution in [0.2, 0.25) is 0 Å². The Morgan fingerprint density at radius 3 is 2.35 bits per heavy atom. The van der Waals surface area contributed by atoms with Gasteiger partial charge in [-0.25, -0.2) is 0 Å². The highest BCUT2D eigenvalue weighted by atomic mass is 35.5. The van der Waals surface area contributed by atoms with Gasteiger partial charge in [0.05, 0.1) is 10.9 Å². The maximum Gasteiger partial charge on any atom is 0.416 e. The van der Waals surface area contributed by atoms with Crippen LogP contribution in [0.5, 0.6) is 0 Å². The number of alkyl halides is 4. The molecule has 0 amide bonds. The van der Waals surface area contributed by atoms with E-state index < -0.39 is 11.7 Å². The van der Waals surface area contributed by atoms with Crippen LogP contribution in [-0.4, -0.2) is 18.5 Å². The lowest BCUT2D eigenvalue weighted by atomic mass is 10.1. The minimum atomic E-state index is -4.27. The van der Waals surface area contributed by atoms with Gasteiger partial charge in [0.25, 0.3) is 0 Å². The standard InChI is InChI=1S/C12H13ClF3N/c13-10-2-1-7-17(8-10)11-5-3-9(4-6-11)12(14,15)16/h3-6,10H,1-2,7-8H2. The van der Waals surface area contributed by atoms with Crippen molar-refractivity contribution in [2.24, 2.45) is 0 Å². The number of benzene rings is 1. The zero-order chi connectivity index (χ0) is 12.5. The molecule has 0 radical (unpaired) electrons. The van der Waals surface area contributed by atoms with Crippen molar-refractivity contribution in [3.63, 3.8) is 0 Å². The van der Waals surface area contributed by atoms with E-state index in [1.54, 1.807) is 0 Å². The lowest BCUT2D eigenvalue weighted by Gasteiger charge is -2.31. The second-order valence-corrected chi connectivity index (χ2v) is 4.85. The maximum atomic E-state index is 12.4. The van der Waals surface area contributed by atoms with Crippen LogP contribution in [0, 0.1) is 0 Å². The summed E-state index contributed by atoms with van der Waals surface area (Å²) in [7, 11) is 0. The van der Waals surface area contributed by atoms with E-state index in [0.717, 1.165) is 37.2 Å². The van der Waals surface area contributed by atoms with Gasteiger partial charge in [0.15, 0.2) is 0 Å². The van der Waals surface area contributed by atoms with E-state index in [2.05, 4.69) is 0 Å². The average molecular weight is 264 g/mol. The summed E-state index contributed by atoms with van der Waals surface area (Å²) in [6.07, 6.45) is -2.32. The van der Waals surface area contributed by atoms with Crippen molar-refractivity contribution in [1.29, 1.82) is 0 Å². The van der Waals surface area contributed by atoms with Crippen LogP contribution in [0.15, 0.2) is 24.3 Å². The molecule has 0 N–H and O–H groups in total. The fraction of sp³-hybridized carbons (Fsp3) is 0.500. The molecule has 5 heteroatoms. The molecule has 2 rings (SSSR count). The van der Waals surface area contributed by atoms with Crippen LogP contribution in [0.25, 0.3) is 0 Å². The van der Waals surface area contributed by atoms with Crippen molar-refractivity contribution in [3.05, 3.63) is 29.8 Å². The van der Waals surface area contributed by atoms with E-state index in [0.29, 0.717) is 6.54 Å². The smallest absolute Gasteiger partial charge is 0.370 e. The molecule has 1 aliphatic heterocycles. The van der Waals surface area contributed by atoms with E-state index in [1.165, 1.54) is 12.1 Å². The molecule has 1 heterocycles. The molecule has 17 heavy (non-hydrogen) atoms. The van der Waals surface area contributed by atoms with E-state index >= 15 is 0 Å². The summed E-state index contributed by atoms with van der Waals surface area (Å²) < 4.78 is 37.2. The summed E-state index contributed by atoms with van der Waals surface area (Å²) in [6.45, 7) is 1.56. The zero-order valence-corrected chi connectivity index (χ0v) is 9.93. The molecular weight excluding hydrogens is 251 g/mol. The first-order chi connectivity index (χ1) is 7.97. The van der Waals surface area contributed by atoms with Crippen LogP contribution >= 0.6 is 11.6 Å². The third-order valence-electron chi connectivity index (χ3n) is 2.92. The molecule has 1 nitrogen and oxygen atoms in total. The summed E-state index contributed by atoms with van der Waals surface area (Å²) in [6, 6.07) is 5.26. The molecule has 1 fully saturated rings. The predicted molar refractivity (Wildman–Crippen MR) is 62.5 cm³/mol. The molecule has 1 atom stereocenters. The fourth-order valence-corrected chi connectivity index (χ4v) is 2.34. The molecule has 1 aromatic carbocycles. The van der Waals surface area contributed by atoms with E-state index in [-0.39, 0.29) is 5.38 Å². The second kappa shape index (κ2) is 4.77. The van der Waals surface area contributed by atoms with Crippen LogP contribution in [-0.2, 0) is 6.18 Å². The van der Waals surface area contributed by atoms with Crippen molar-refractivity contribution in [2.45, 2.75) is 24.4 Å². The van der Waals surface area contributed by atoms with Gasteiger partial charge in [0, 0.05) is 18.8 Å². The minimum absolute atomic E-state index is 0.0889. The topological polar surface area (TPSA) is 3.24 Å². The Morgan fingerprint density at radius 2 is 1.82 bits per heavy atom. The molecule has 1 aromatic rings. The minimum Gasteiger partial charge on any atom is -0.370 e. The van der Waals surface area contributed by atoms with Gasteiger partial charge in [-0.15, -0.1) is 11.6 Å². The van der Waals surface area contributed by atoms with E-state index in [9.17, 15) is 13.2 Å². The highest BCUT2D eigenvalue weighted by Crippen LogP contribution is 2.31. The van der Waals surface area contributed by atoms with Gasteiger partial charge in [-0.3, -0.25) is 0 Å². The van der Waals surface area contributed by atoms with Crippen molar-refractivity contribution in [1.82, 2.24) is 0 Å². The Labute approximate surface area is 103 Å². The first-order valence-corrected chi connectivity index (χ1v) is 5.97. The van der Waals surface area contributed by atoms with Crippen molar-refractivity contribution in [3.8, 4) is 0 Å². The summed E-state index contributed by atoms with van der Waals surface area (Å²) in [5.74, 6) is 0. The molecule has 1 unspecified atom stereocenters. The van der Waals surface area contributed by atoms with Crippen LogP contribution < -0.4 is 4.90 Å². The first kappa shape index (κ1) is 12.6. The maximum absolute atomic E-state index is 12.4.